The monoisotopic (exact) mass is 498 g/mol. The topological polar surface area (TPSA) is 132 Å². The van der Waals surface area contributed by atoms with Crippen LogP contribution in [-0.4, -0.2) is 54.5 Å². The van der Waals surface area contributed by atoms with E-state index >= 15 is 0 Å². The van der Waals surface area contributed by atoms with Crippen molar-refractivity contribution in [2.75, 3.05) is 13.2 Å². The van der Waals surface area contributed by atoms with Crippen LogP contribution < -0.4 is 10.9 Å². The van der Waals surface area contributed by atoms with E-state index in [9.17, 15) is 24.7 Å². The fraction of sp³-hybridized carbons (Fsp3) is 0.440. The number of aryl methyl sites for hydroxylation is 3. The van der Waals surface area contributed by atoms with Crippen LogP contribution >= 0.6 is 0 Å². The van der Waals surface area contributed by atoms with E-state index in [4.69, 9.17) is 18.8 Å². The fourth-order valence-electron chi connectivity index (χ4n) is 4.74. The zero-order chi connectivity index (χ0) is 26.6. The summed E-state index contributed by atoms with van der Waals surface area (Å²) in [6, 6.07) is 6.97. The van der Waals surface area contributed by atoms with Gasteiger partial charge in [-0.25, -0.2) is 0 Å². The lowest BCUT2D eigenvalue weighted by molar-refractivity contribution is -0.146. The van der Waals surface area contributed by atoms with Crippen molar-refractivity contribution in [3.05, 3.63) is 52.1 Å². The first-order valence-electron chi connectivity index (χ1n) is 12.0. The number of aromatic hydroxyl groups is 1. The molecule has 0 spiro atoms. The van der Waals surface area contributed by atoms with Crippen LogP contribution in [0.5, 0.6) is 5.75 Å². The minimum absolute atomic E-state index is 0.0590. The van der Waals surface area contributed by atoms with Gasteiger partial charge in [0.05, 0.1) is 38.3 Å². The van der Waals surface area contributed by atoms with E-state index in [2.05, 4.69) is 0 Å². The van der Waals surface area contributed by atoms with Gasteiger partial charge in [-0.1, -0.05) is 17.7 Å². The third kappa shape index (κ3) is 6.28. The van der Waals surface area contributed by atoms with Crippen molar-refractivity contribution in [2.24, 2.45) is 0 Å². The lowest BCUT2D eigenvalue weighted by Crippen LogP contribution is -2.28. The van der Waals surface area contributed by atoms with Crippen LogP contribution in [0.4, 0.5) is 0 Å². The molecule has 0 saturated carbocycles. The van der Waals surface area contributed by atoms with Crippen LogP contribution in [0.3, 0.4) is 0 Å². The van der Waals surface area contributed by atoms with Crippen LogP contribution in [0.1, 0.15) is 66.7 Å². The Kier molecular flexibility index (Phi) is 9.19. The van der Waals surface area contributed by atoms with Gasteiger partial charge in [-0.05, 0) is 79.9 Å². The van der Waals surface area contributed by atoms with Gasteiger partial charge in [-0.2, -0.15) is 0 Å². The average molecular weight is 498 g/mol. The van der Waals surface area contributed by atoms with Crippen molar-refractivity contribution in [3.63, 3.8) is 0 Å². The highest BCUT2D eigenvalue weighted by molar-refractivity contribution is 6.62. The minimum Gasteiger partial charge on any atom is -0.508 e. The number of benzene rings is 2. The highest BCUT2D eigenvalue weighted by Gasteiger charge is 2.38. The highest BCUT2D eigenvalue weighted by atomic mass is 16.6. The zero-order valence-electron chi connectivity index (χ0n) is 21.2. The summed E-state index contributed by atoms with van der Waals surface area (Å²) >= 11 is 0. The molecule has 4 rings (SSSR count). The van der Waals surface area contributed by atoms with Gasteiger partial charge in [0.1, 0.15) is 5.75 Å². The van der Waals surface area contributed by atoms with Gasteiger partial charge < -0.3 is 33.9 Å². The zero-order valence-corrected chi connectivity index (χ0v) is 21.2. The number of fused-ring (bicyclic) bond motifs is 2. The molecule has 0 fully saturated rings. The molecule has 0 aliphatic carbocycles. The van der Waals surface area contributed by atoms with E-state index in [1.54, 1.807) is 26.8 Å². The number of hydrogen-bond acceptors (Lipinski definition) is 9. The molecule has 9 nitrogen and oxygen atoms in total. The Bertz CT molecular complexity index is 1030. The Labute approximate surface area is 211 Å². The molecule has 0 amide bonds. The quantitative estimate of drug-likeness (QED) is 0.400. The molecule has 2 aliphatic heterocycles. The summed E-state index contributed by atoms with van der Waals surface area (Å²) in [5.41, 5.74) is 5.86. The van der Waals surface area contributed by atoms with Crippen LogP contribution in [0, 0.1) is 20.8 Å². The summed E-state index contributed by atoms with van der Waals surface area (Å²) in [7, 11) is -2.05. The van der Waals surface area contributed by atoms with Crippen LogP contribution in [-0.2, 0) is 28.4 Å². The summed E-state index contributed by atoms with van der Waals surface area (Å²) in [5.74, 6) is -0.594. The molecule has 2 unspecified atom stereocenters. The molecule has 0 radical (unpaired) electrons. The molecule has 2 aliphatic rings. The summed E-state index contributed by atoms with van der Waals surface area (Å²) in [5, 5.41) is 29.1. The summed E-state index contributed by atoms with van der Waals surface area (Å²) in [6.07, 6.45) is -0.727. The van der Waals surface area contributed by atoms with E-state index < -0.39 is 26.4 Å². The molecular weight excluding hydrogens is 466 g/mol. The number of rotatable bonds is 6. The van der Waals surface area contributed by atoms with Gasteiger partial charge in [0.25, 0.3) is 0 Å². The predicted octanol–water partition coefficient (Wildman–Crippen LogP) is 1.43. The van der Waals surface area contributed by atoms with E-state index in [1.165, 1.54) is 6.07 Å². The highest BCUT2D eigenvalue weighted by Crippen LogP contribution is 2.32. The molecule has 0 aromatic heterocycles. The van der Waals surface area contributed by atoms with Crippen molar-refractivity contribution >= 4 is 37.1 Å². The molecule has 2 aromatic rings. The molecule has 0 bridgehead atoms. The van der Waals surface area contributed by atoms with Gasteiger partial charge in [0.2, 0.25) is 0 Å². The van der Waals surface area contributed by atoms with E-state index in [0.29, 0.717) is 18.7 Å². The Morgan fingerprint density at radius 2 is 1.25 bits per heavy atom. The molecule has 2 atom stereocenters. The molecule has 192 valence electrons. The Hall–Kier alpha value is -2.85. The Morgan fingerprint density at radius 3 is 1.72 bits per heavy atom. The Balaban J connectivity index is 0.000000201. The summed E-state index contributed by atoms with van der Waals surface area (Å²) in [4.78, 5) is 23.0. The molecular formula is C25H32B2O9. The first-order valence-corrected chi connectivity index (χ1v) is 12.0. The fourth-order valence-corrected chi connectivity index (χ4v) is 4.74. The summed E-state index contributed by atoms with van der Waals surface area (Å²) < 4.78 is 20.6. The van der Waals surface area contributed by atoms with Crippen LogP contribution in [0.15, 0.2) is 24.3 Å². The van der Waals surface area contributed by atoms with Crippen LogP contribution in [0.2, 0.25) is 0 Å². The largest absolute Gasteiger partial charge is 0.508 e. The van der Waals surface area contributed by atoms with Crippen molar-refractivity contribution in [3.8, 4) is 5.75 Å². The van der Waals surface area contributed by atoms with Gasteiger partial charge in [0, 0.05) is 0 Å². The number of hydrogen-bond donors (Lipinski definition) is 3. The van der Waals surface area contributed by atoms with Crippen molar-refractivity contribution in [1.82, 2.24) is 0 Å². The minimum atomic E-state index is -1.11. The second-order valence-corrected chi connectivity index (χ2v) is 8.82. The standard InChI is InChI=1S/C13H17BO4.C12H15BO5/c1-4-17-12(15)7-11-13-9(3)5-8(2)6-10(13)14(16)18-11;1-3-17-11(15)6-10-12-7(2)4-8(14)5-9(12)13(16)18-10/h5-6,11,16H,4,7H2,1-3H3;4-5,10,14,16H,3,6H2,1-2H3. The van der Waals surface area contributed by atoms with Crippen molar-refractivity contribution in [1.29, 1.82) is 0 Å². The Morgan fingerprint density at radius 1 is 0.806 bits per heavy atom. The third-order valence-corrected chi connectivity index (χ3v) is 6.04. The van der Waals surface area contributed by atoms with Crippen molar-refractivity contribution in [2.45, 2.75) is 59.7 Å². The second kappa shape index (κ2) is 11.9. The molecule has 2 aromatic carbocycles. The molecule has 11 heteroatoms. The maximum absolute atomic E-state index is 11.5. The first-order chi connectivity index (χ1) is 17.0. The lowest BCUT2D eigenvalue weighted by atomic mass is 9.77. The van der Waals surface area contributed by atoms with Gasteiger partial charge in [-0.3, -0.25) is 9.59 Å². The van der Waals surface area contributed by atoms with Gasteiger partial charge >= 0.3 is 26.2 Å². The van der Waals surface area contributed by atoms with Gasteiger partial charge in [0.15, 0.2) is 0 Å². The molecule has 2 heterocycles. The first kappa shape index (κ1) is 27.7. The normalized spacial score (nSPS) is 17.8. The number of ether oxygens (including phenoxy) is 2. The van der Waals surface area contributed by atoms with Crippen LogP contribution in [0.25, 0.3) is 0 Å². The molecule has 3 N–H and O–H groups in total. The van der Waals surface area contributed by atoms with E-state index in [-0.39, 0.29) is 30.5 Å². The van der Waals surface area contributed by atoms with E-state index in [1.807, 2.05) is 26.0 Å². The summed E-state index contributed by atoms with van der Waals surface area (Å²) in [6.45, 7) is 9.91. The van der Waals surface area contributed by atoms with Gasteiger partial charge in [-0.15, -0.1) is 0 Å². The molecule has 0 saturated heterocycles. The smallest absolute Gasteiger partial charge is 0.492 e. The maximum Gasteiger partial charge on any atom is 0.492 e. The SMILES string of the molecule is CCOC(=O)CC1OB(O)c2cc(C)cc(C)c21.CCOC(=O)CC1OB(O)c2cc(O)cc(C)c21. The predicted molar refractivity (Wildman–Crippen MR) is 134 cm³/mol. The van der Waals surface area contributed by atoms with E-state index in [0.717, 1.165) is 33.3 Å². The van der Waals surface area contributed by atoms with Crippen molar-refractivity contribution < 1.29 is 43.5 Å². The average Bonchev–Trinajstić information content (AvgIpc) is 3.25. The number of esters is 2. The maximum atomic E-state index is 11.5. The number of carbonyl (C=O) groups excluding carboxylic acids is 2. The number of carbonyl (C=O) groups is 2. The lowest BCUT2D eigenvalue weighted by Gasteiger charge is -2.13. The third-order valence-electron chi connectivity index (χ3n) is 6.04. The second-order valence-electron chi connectivity index (χ2n) is 8.82. The molecule has 36 heavy (non-hydrogen) atoms. The number of phenolic OH excluding ortho intramolecular Hbond substituents is 1. The number of phenols is 1.